The van der Waals surface area contributed by atoms with Crippen LogP contribution in [0.4, 0.5) is 8.78 Å². The van der Waals surface area contributed by atoms with Crippen molar-refractivity contribution in [3.05, 3.63) is 76.6 Å². The molecule has 0 unspecified atom stereocenters. The van der Waals surface area contributed by atoms with Crippen LogP contribution in [0.5, 0.6) is 5.75 Å². The summed E-state index contributed by atoms with van der Waals surface area (Å²) < 4.78 is 54.9. The number of pyridine rings is 1. The van der Waals surface area contributed by atoms with E-state index < -0.39 is 43.8 Å². The van der Waals surface area contributed by atoms with Crippen LogP contribution in [0.2, 0.25) is 5.02 Å². The number of hydrogen-bond donors (Lipinski definition) is 1. The summed E-state index contributed by atoms with van der Waals surface area (Å²) in [7, 11) is -4.35. The van der Waals surface area contributed by atoms with Gasteiger partial charge in [0, 0.05) is 53.8 Å². The third-order valence-corrected chi connectivity index (χ3v) is 7.17. The van der Waals surface area contributed by atoms with Gasteiger partial charge in [0.25, 0.3) is 5.91 Å². The summed E-state index contributed by atoms with van der Waals surface area (Å²) in [6.07, 6.45) is 3.69. The van der Waals surface area contributed by atoms with Gasteiger partial charge in [-0.1, -0.05) is 17.7 Å². The number of likely N-dealkylation sites (tertiary alicyclic amines) is 1. The molecule has 10 heteroatoms. The number of aromatic nitrogens is 1. The molecule has 2 aromatic carbocycles. The van der Waals surface area contributed by atoms with E-state index in [0.717, 1.165) is 18.6 Å². The molecule has 0 bridgehead atoms. The molecule has 1 N–H and O–H groups in total. The van der Waals surface area contributed by atoms with Crippen molar-refractivity contribution in [2.24, 2.45) is 0 Å². The Labute approximate surface area is 188 Å². The number of carbonyl (C=O) groups excluding carboxylic acids is 1. The summed E-state index contributed by atoms with van der Waals surface area (Å²) in [6, 6.07) is 7.03. The first-order chi connectivity index (χ1) is 15.2. The number of amides is 1. The van der Waals surface area contributed by atoms with Crippen molar-refractivity contribution in [1.82, 2.24) is 9.88 Å². The largest absolute Gasteiger partial charge is 0.505 e. The molecule has 0 aliphatic carbocycles. The maximum atomic E-state index is 14.5. The van der Waals surface area contributed by atoms with E-state index in [0.29, 0.717) is 24.7 Å². The number of nitrogens with zero attached hydrogens (tertiary/aromatic N) is 2. The predicted octanol–water partition coefficient (Wildman–Crippen LogP) is 4.21. The van der Waals surface area contributed by atoms with Crippen LogP contribution >= 0.6 is 11.6 Å². The number of phenolic OH excluding ortho intramolecular Hbond substituents is 1. The predicted molar refractivity (Wildman–Crippen MR) is 114 cm³/mol. The number of carbonyl (C=O) groups is 1. The summed E-state index contributed by atoms with van der Waals surface area (Å²) in [5.74, 6) is -3.96. The van der Waals surface area contributed by atoms with Crippen LogP contribution in [-0.4, -0.2) is 42.4 Å². The highest BCUT2D eigenvalue weighted by Gasteiger charge is 2.28. The van der Waals surface area contributed by atoms with Gasteiger partial charge in [0.05, 0.1) is 10.8 Å². The molecule has 0 saturated carbocycles. The van der Waals surface area contributed by atoms with E-state index in [4.69, 9.17) is 11.6 Å². The van der Waals surface area contributed by atoms with Gasteiger partial charge in [-0.15, -0.1) is 0 Å². The highest BCUT2D eigenvalue weighted by Crippen LogP contribution is 2.36. The molecule has 0 spiro atoms. The maximum absolute atomic E-state index is 14.5. The molecule has 1 saturated heterocycles. The minimum Gasteiger partial charge on any atom is -0.505 e. The normalized spacial score (nSPS) is 13.7. The first-order valence-electron chi connectivity index (χ1n) is 9.60. The molecule has 0 atom stereocenters. The Morgan fingerprint density at radius 1 is 1.16 bits per heavy atom. The van der Waals surface area contributed by atoms with Crippen molar-refractivity contribution in [2.45, 2.75) is 17.1 Å². The fraction of sp³-hybridized carbons (Fsp3) is 0.182. The Balaban J connectivity index is 1.74. The van der Waals surface area contributed by atoms with E-state index in [9.17, 15) is 27.1 Å². The van der Waals surface area contributed by atoms with Crippen LogP contribution in [0.1, 0.15) is 22.3 Å². The zero-order chi connectivity index (χ0) is 23.0. The highest BCUT2D eigenvalue weighted by atomic mass is 35.5. The lowest BCUT2D eigenvalue weighted by atomic mass is 10.0. The topological polar surface area (TPSA) is 87.6 Å². The Morgan fingerprint density at radius 2 is 1.91 bits per heavy atom. The van der Waals surface area contributed by atoms with Gasteiger partial charge in [0.1, 0.15) is 16.5 Å². The first-order valence-corrected chi connectivity index (χ1v) is 11.6. The molecule has 1 aliphatic rings. The molecule has 166 valence electrons. The molecule has 4 rings (SSSR count). The van der Waals surface area contributed by atoms with Crippen molar-refractivity contribution < 1.29 is 27.1 Å². The van der Waals surface area contributed by atoms with Crippen molar-refractivity contribution in [2.75, 3.05) is 13.1 Å². The lowest BCUT2D eigenvalue weighted by Gasteiger charge is -2.31. The first kappa shape index (κ1) is 22.2. The molecular formula is C22H17ClF2N2O4S. The summed E-state index contributed by atoms with van der Waals surface area (Å²) >= 11 is 5.98. The molecule has 1 fully saturated rings. The number of rotatable bonds is 5. The number of sulfone groups is 1. The average Bonchev–Trinajstić information content (AvgIpc) is 2.71. The zero-order valence-corrected chi connectivity index (χ0v) is 18.1. The lowest BCUT2D eigenvalue weighted by Crippen LogP contribution is -2.42. The van der Waals surface area contributed by atoms with Crippen LogP contribution < -0.4 is 0 Å². The van der Waals surface area contributed by atoms with Crippen LogP contribution in [0.15, 0.2) is 53.7 Å². The highest BCUT2D eigenvalue weighted by molar-refractivity contribution is 7.90. The summed E-state index contributed by atoms with van der Waals surface area (Å²) in [4.78, 5) is 17.3. The summed E-state index contributed by atoms with van der Waals surface area (Å²) in [5.41, 5.74) is 0.0206. The van der Waals surface area contributed by atoms with E-state index in [1.807, 2.05) is 0 Å². The fourth-order valence-corrected chi connectivity index (χ4v) is 5.14. The number of benzene rings is 2. The van der Waals surface area contributed by atoms with Gasteiger partial charge in [0.15, 0.2) is 15.6 Å². The Bertz CT molecular complexity index is 1310. The molecule has 3 aromatic rings. The smallest absolute Gasteiger partial charge is 0.253 e. The molecule has 1 aliphatic heterocycles. The fourth-order valence-electron chi connectivity index (χ4n) is 3.37. The zero-order valence-electron chi connectivity index (χ0n) is 16.6. The minimum atomic E-state index is -4.35. The average molecular weight is 479 g/mol. The van der Waals surface area contributed by atoms with Crippen molar-refractivity contribution in [3.8, 4) is 16.9 Å². The summed E-state index contributed by atoms with van der Waals surface area (Å²) in [6.45, 7) is 1.08. The number of hydrogen-bond acceptors (Lipinski definition) is 5. The van der Waals surface area contributed by atoms with Crippen molar-refractivity contribution in [1.29, 1.82) is 0 Å². The summed E-state index contributed by atoms with van der Waals surface area (Å²) in [5, 5.41) is 9.96. The van der Waals surface area contributed by atoms with Crippen LogP contribution in [-0.2, 0) is 15.6 Å². The van der Waals surface area contributed by atoms with Crippen molar-refractivity contribution in [3.63, 3.8) is 0 Å². The molecule has 6 nitrogen and oxygen atoms in total. The van der Waals surface area contributed by atoms with Gasteiger partial charge in [-0.05, 0) is 30.7 Å². The van der Waals surface area contributed by atoms with E-state index in [1.165, 1.54) is 23.4 Å². The number of halogens is 3. The third kappa shape index (κ3) is 4.18. The molecule has 0 radical (unpaired) electrons. The Kier molecular flexibility index (Phi) is 5.87. The Morgan fingerprint density at radius 3 is 2.53 bits per heavy atom. The minimum absolute atomic E-state index is 0.00158. The van der Waals surface area contributed by atoms with E-state index >= 15 is 0 Å². The third-order valence-electron chi connectivity index (χ3n) is 5.21. The maximum Gasteiger partial charge on any atom is 0.253 e. The van der Waals surface area contributed by atoms with Gasteiger partial charge in [0.2, 0.25) is 0 Å². The SMILES string of the molecule is O=C(c1cc(Cl)c(O)c(S(=O)(=O)Cc2cc(-c3cccnc3)c(F)cc2F)c1)N1CCC1. The molecule has 32 heavy (non-hydrogen) atoms. The van der Waals surface area contributed by atoms with E-state index in [-0.39, 0.29) is 21.7 Å². The van der Waals surface area contributed by atoms with Gasteiger partial charge in [-0.2, -0.15) is 0 Å². The van der Waals surface area contributed by atoms with E-state index in [1.54, 1.807) is 12.1 Å². The quantitative estimate of drug-likeness (QED) is 0.593. The molecule has 1 aromatic heterocycles. The standard InChI is InChI=1S/C22H17ClF2N2O4S/c23-17-8-14(22(29)27-5-2-6-27)9-20(21(17)28)32(30,31)12-15-7-16(19(25)10-18(15)24)13-3-1-4-26-11-13/h1,3-4,7-11,28H,2,5-6,12H2. The van der Waals surface area contributed by atoms with Crippen molar-refractivity contribution >= 4 is 27.3 Å². The number of phenols is 1. The van der Waals surface area contributed by atoms with Gasteiger partial charge < -0.3 is 10.0 Å². The number of aromatic hydroxyl groups is 1. The molecule has 1 amide bonds. The monoisotopic (exact) mass is 478 g/mol. The van der Waals surface area contributed by atoms with E-state index in [2.05, 4.69) is 4.98 Å². The molecular weight excluding hydrogens is 462 g/mol. The lowest BCUT2D eigenvalue weighted by molar-refractivity contribution is 0.0651. The second-order valence-corrected chi connectivity index (χ2v) is 9.74. The van der Waals surface area contributed by atoms with Gasteiger partial charge >= 0.3 is 0 Å². The van der Waals surface area contributed by atoms with Crippen LogP contribution in [0.3, 0.4) is 0 Å². The van der Waals surface area contributed by atoms with Gasteiger partial charge in [-0.3, -0.25) is 9.78 Å². The van der Waals surface area contributed by atoms with Crippen LogP contribution in [0.25, 0.3) is 11.1 Å². The van der Waals surface area contributed by atoms with Gasteiger partial charge in [-0.25, -0.2) is 17.2 Å². The second-order valence-electron chi connectivity index (χ2n) is 7.37. The Hall–Kier alpha value is -3.04. The van der Waals surface area contributed by atoms with Crippen LogP contribution in [0, 0.1) is 11.6 Å². The molecule has 2 heterocycles. The second kappa shape index (κ2) is 8.48.